The Balaban J connectivity index is 1.91. The largest absolute Gasteiger partial charge is 0.329 e. The summed E-state index contributed by atoms with van der Waals surface area (Å²) in [5.74, 6) is 0. The van der Waals surface area contributed by atoms with Crippen molar-refractivity contribution in [1.82, 2.24) is 4.90 Å². The Labute approximate surface area is 75.1 Å². The van der Waals surface area contributed by atoms with Crippen molar-refractivity contribution in [2.45, 2.75) is 57.2 Å². The molecule has 0 bridgehead atoms. The molecule has 0 aromatic heterocycles. The third-order valence-electron chi connectivity index (χ3n) is 3.31. The molecular formula is C10H20N2. The monoisotopic (exact) mass is 168 g/mol. The van der Waals surface area contributed by atoms with Gasteiger partial charge in [-0.3, -0.25) is 4.90 Å². The summed E-state index contributed by atoms with van der Waals surface area (Å²) in [7, 11) is 0. The standard InChI is InChI=1S/C10H20N2/c1-8(7-11)12(10-5-6-10)9-3-2-4-9/h8-10H,2-7,11H2,1H3. The van der Waals surface area contributed by atoms with Gasteiger partial charge in [-0.2, -0.15) is 0 Å². The van der Waals surface area contributed by atoms with Gasteiger partial charge in [0.25, 0.3) is 0 Å². The number of hydrogen-bond donors (Lipinski definition) is 1. The van der Waals surface area contributed by atoms with Crippen molar-refractivity contribution in [2.75, 3.05) is 6.54 Å². The Morgan fingerprint density at radius 1 is 1.25 bits per heavy atom. The van der Waals surface area contributed by atoms with Crippen molar-refractivity contribution in [3.05, 3.63) is 0 Å². The predicted octanol–water partition coefficient (Wildman–Crippen LogP) is 1.35. The van der Waals surface area contributed by atoms with Gasteiger partial charge in [-0.25, -0.2) is 0 Å². The minimum atomic E-state index is 0.614. The van der Waals surface area contributed by atoms with E-state index < -0.39 is 0 Å². The van der Waals surface area contributed by atoms with E-state index in [0.29, 0.717) is 6.04 Å². The Bertz CT molecular complexity index is 145. The maximum atomic E-state index is 5.71. The molecule has 0 heterocycles. The van der Waals surface area contributed by atoms with Crippen LogP contribution in [0.2, 0.25) is 0 Å². The predicted molar refractivity (Wildman–Crippen MR) is 51.0 cm³/mol. The van der Waals surface area contributed by atoms with Crippen LogP contribution in [0, 0.1) is 0 Å². The van der Waals surface area contributed by atoms with Gasteiger partial charge in [-0.05, 0) is 32.6 Å². The number of rotatable bonds is 4. The molecule has 2 nitrogen and oxygen atoms in total. The van der Waals surface area contributed by atoms with Crippen molar-refractivity contribution in [3.8, 4) is 0 Å². The third kappa shape index (κ3) is 1.50. The van der Waals surface area contributed by atoms with Crippen LogP contribution >= 0.6 is 0 Å². The average molecular weight is 168 g/mol. The Morgan fingerprint density at radius 2 is 1.83 bits per heavy atom. The molecule has 0 aliphatic heterocycles. The fraction of sp³-hybridized carbons (Fsp3) is 1.00. The summed E-state index contributed by atoms with van der Waals surface area (Å²) < 4.78 is 0. The minimum absolute atomic E-state index is 0.614. The highest BCUT2D eigenvalue weighted by Crippen LogP contribution is 2.36. The first-order valence-electron chi connectivity index (χ1n) is 5.30. The molecule has 12 heavy (non-hydrogen) atoms. The number of hydrogen-bond acceptors (Lipinski definition) is 2. The summed E-state index contributed by atoms with van der Waals surface area (Å²) in [6.45, 7) is 3.10. The molecule has 2 aliphatic rings. The van der Waals surface area contributed by atoms with Gasteiger partial charge < -0.3 is 5.73 Å². The first kappa shape index (κ1) is 8.52. The molecule has 0 spiro atoms. The van der Waals surface area contributed by atoms with E-state index in [2.05, 4.69) is 11.8 Å². The zero-order chi connectivity index (χ0) is 8.55. The van der Waals surface area contributed by atoms with Gasteiger partial charge in [0.1, 0.15) is 0 Å². The van der Waals surface area contributed by atoms with E-state index in [9.17, 15) is 0 Å². The minimum Gasteiger partial charge on any atom is -0.329 e. The van der Waals surface area contributed by atoms with Gasteiger partial charge in [0.15, 0.2) is 0 Å². The lowest BCUT2D eigenvalue weighted by Crippen LogP contribution is -2.49. The quantitative estimate of drug-likeness (QED) is 0.686. The van der Waals surface area contributed by atoms with Crippen molar-refractivity contribution in [3.63, 3.8) is 0 Å². The maximum Gasteiger partial charge on any atom is 0.0195 e. The molecule has 1 atom stereocenters. The molecule has 2 saturated carbocycles. The molecule has 2 N–H and O–H groups in total. The summed E-state index contributed by atoms with van der Waals surface area (Å²) >= 11 is 0. The molecule has 2 aliphatic carbocycles. The smallest absolute Gasteiger partial charge is 0.0195 e. The van der Waals surface area contributed by atoms with Crippen LogP contribution in [0.1, 0.15) is 39.0 Å². The van der Waals surface area contributed by atoms with Crippen LogP contribution in [0.25, 0.3) is 0 Å². The van der Waals surface area contributed by atoms with Gasteiger partial charge in [0, 0.05) is 24.7 Å². The van der Waals surface area contributed by atoms with Crippen molar-refractivity contribution in [1.29, 1.82) is 0 Å². The highest BCUT2D eigenvalue weighted by Gasteiger charge is 2.38. The second-order valence-electron chi connectivity index (χ2n) is 4.35. The van der Waals surface area contributed by atoms with E-state index >= 15 is 0 Å². The molecule has 70 valence electrons. The van der Waals surface area contributed by atoms with Gasteiger partial charge in [0.2, 0.25) is 0 Å². The lowest BCUT2D eigenvalue weighted by atomic mass is 9.90. The Hall–Kier alpha value is -0.0800. The molecule has 0 saturated heterocycles. The van der Waals surface area contributed by atoms with E-state index in [1.807, 2.05) is 0 Å². The lowest BCUT2D eigenvalue weighted by molar-refractivity contribution is 0.0816. The molecule has 2 heteroatoms. The first-order chi connectivity index (χ1) is 5.83. The van der Waals surface area contributed by atoms with Gasteiger partial charge in [-0.15, -0.1) is 0 Å². The van der Waals surface area contributed by atoms with Crippen LogP contribution in [-0.2, 0) is 0 Å². The topological polar surface area (TPSA) is 29.3 Å². The van der Waals surface area contributed by atoms with Crippen molar-refractivity contribution < 1.29 is 0 Å². The van der Waals surface area contributed by atoms with Crippen molar-refractivity contribution in [2.24, 2.45) is 5.73 Å². The van der Waals surface area contributed by atoms with Gasteiger partial charge in [0.05, 0.1) is 0 Å². The van der Waals surface area contributed by atoms with Gasteiger partial charge in [-0.1, -0.05) is 6.42 Å². The second kappa shape index (κ2) is 3.35. The van der Waals surface area contributed by atoms with E-state index in [4.69, 9.17) is 5.73 Å². The zero-order valence-electron chi connectivity index (χ0n) is 8.00. The van der Waals surface area contributed by atoms with Crippen LogP contribution in [0.3, 0.4) is 0 Å². The lowest BCUT2D eigenvalue weighted by Gasteiger charge is -2.41. The van der Waals surface area contributed by atoms with Gasteiger partial charge >= 0.3 is 0 Å². The van der Waals surface area contributed by atoms with E-state index in [1.54, 1.807) is 0 Å². The Morgan fingerprint density at radius 3 is 2.17 bits per heavy atom. The summed E-state index contributed by atoms with van der Waals surface area (Å²) in [5.41, 5.74) is 5.71. The molecule has 0 aromatic rings. The zero-order valence-corrected chi connectivity index (χ0v) is 8.00. The fourth-order valence-electron chi connectivity index (χ4n) is 2.20. The summed E-state index contributed by atoms with van der Waals surface area (Å²) in [4.78, 5) is 2.68. The SMILES string of the molecule is CC(CN)N(C1CCC1)C1CC1. The molecular weight excluding hydrogens is 148 g/mol. The normalized spacial score (nSPS) is 27.2. The highest BCUT2D eigenvalue weighted by atomic mass is 15.2. The Kier molecular flexibility index (Phi) is 2.37. The molecule has 0 amide bonds. The first-order valence-corrected chi connectivity index (χ1v) is 5.30. The second-order valence-corrected chi connectivity index (χ2v) is 4.35. The van der Waals surface area contributed by atoms with E-state index in [1.165, 1.54) is 32.1 Å². The summed E-state index contributed by atoms with van der Waals surface area (Å²) in [5, 5.41) is 0. The molecule has 1 unspecified atom stereocenters. The fourth-order valence-corrected chi connectivity index (χ4v) is 2.20. The molecule has 2 fully saturated rings. The van der Waals surface area contributed by atoms with Crippen molar-refractivity contribution >= 4 is 0 Å². The summed E-state index contributed by atoms with van der Waals surface area (Å²) in [6.07, 6.45) is 7.11. The van der Waals surface area contributed by atoms with Crippen LogP contribution in [0.4, 0.5) is 0 Å². The molecule has 0 aromatic carbocycles. The summed E-state index contributed by atoms with van der Waals surface area (Å²) in [6, 6.07) is 2.40. The third-order valence-corrected chi connectivity index (χ3v) is 3.31. The van der Waals surface area contributed by atoms with E-state index in [0.717, 1.165) is 18.6 Å². The maximum absolute atomic E-state index is 5.71. The molecule has 0 radical (unpaired) electrons. The number of nitrogens with two attached hydrogens (primary N) is 1. The van der Waals surface area contributed by atoms with Crippen LogP contribution in [0.5, 0.6) is 0 Å². The van der Waals surface area contributed by atoms with E-state index in [-0.39, 0.29) is 0 Å². The highest BCUT2D eigenvalue weighted by molar-refractivity contribution is 4.94. The number of nitrogens with zero attached hydrogens (tertiary/aromatic N) is 1. The van der Waals surface area contributed by atoms with Crippen LogP contribution in [0.15, 0.2) is 0 Å². The van der Waals surface area contributed by atoms with Crippen LogP contribution < -0.4 is 5.73 Å². The van der Waals surface area contributed by atoms with Crippen LogP contribution in [-0.4, -0.2) is 29.6 Å². The average Bonchev–Trinajstić information content (AvgIpc) is 2.77. The molecule has 2 rings (SSSR count).